The predicted octanol–water partition coefficient (Wildman–Crippen LogP) is 3.58. The molecule has 1 heterocycles. The normalized spacial score (nSPS) is 10.8. The molecule has 0 amide bonds. The second-order valence-electron chi connectivity index (χ2n) is 4.52. The molecule has 0 atom stereocenters. The second kappa shape index (κ2) is 5.57. The van der Waals surface area contributed by atoms with Gasteiger partial charge in [-0.2, -0.15) is 0 Å². The third-order valence-electron chi connectivity index (χ3n) is 2.53. The Bertz CT molecular complexity index is 559. The Kier molecular flexibility index (Phi) is 4.04. The van der Waals surface area contributed by atoms with Crippen molar-refractivity contribution in [1.29, 1.82) is 0 Å². The number of hydrogen-bond donors (Lipinski definition) is 1. The Hall–Kier alpha value is -1.62. The zero-order valence-corrected chi connectivity index (χ0v) is 12.7. The number of aromatic nitrogens is 2. The van der Waals surface area contributed by atoms with Crippen molar-refractivity contribution in [3.63, 3.8) is 0 Å². The van der Waals surface area contributed by atoms with Crippen molar-refractivity contribution in [1.82, 2.24) is 9.97 Å². The van der Waals surface area contributed by atoms with E-state index in [4.69, 9.17) is 10.5 Å². The van der Waals surface area contributed by atoms with Crippen LogP contribution in [0.15, 0.2) is 28.7 Å². The van der Waals surface area contributed by atoms with Crippen LogP contribution < -0.4 is 10.5 Å². The molecule has 0 fully saturated rings. The van der Waals surface area contributed by atoms with Crippen LogP contribution in [0.3, 0.4) is 0 Å². The molecule has 5 heteroatoms. The average Bonchev–Trinajstić information content (AvgIpc) is 2.35. The topological polar surface area (TPSA) is 61.0 Å². The quantitative estimate of drug-likeness (QED) is 0.938. The molecule has 1 aromatic carbocycles. The predicted molar refractivity (Wildman–Crippen MR) is 80.1 cm³/mol. The highest BCUT2D eigenvalue weighted by Gasteiger charge is 2.08. The third kappa shape index (κ3) is 3.23. The highest BCUT2D eigenvalue weighted by atomic mass is 79.9. The lowest BCUT2D eigenvalue weighted by Gasteiger charge is -2.10. The van der Waals surface area contributed by atoms with Crippen molar-refractivity contribution in [3.05, 3.63) is 34.4 Å². The Morgan fingerprint density at radius 3 is 2.32 bits per heavy atom. The van der Waals surface area contributed by atoms with Crippen molar-refractivity contribution in [3.8, 4) is 17.1 Å². The fourth-order valence-electron chi connectivity index (χ4n) is 1.67. The minimum Gasteiger partial charge on any atom is -0.491 e. The molecule has 19 heavy (non-hydrogen) atoms. The number of ether oxygens (including phenoxy) is 1. The van der Waals surface area contributed by atoms with E-state index in [1.165, 1.54) is 0 Å². The summed E-state index contributed by atoms with van der Waals surface area (Å²) >= 11 is 3.35. The van der Waals surface area contributed by atoms with Gasteiger partial charge in [0.2, 0.25) is 0 Å². The number of halogens is 1. The first-order valence-corrected chi connectivity index (χ1v) is 6.83. The molecule has 0 saturated heterocycles. The number of hydrogen-bond acceptors (Lipinski definition) is 4. The van der Waals surface area contributed by atoms with Crippen molar-refractivity contribution >= 4 is 21.7 Å². The highest BCUT2D eigenvalue weighted by Crippen LogP contribution is 2.25. The molecule has 100 valence electrons. The molecule has 0 spiro atoms. The van der Waals surface area contributed by atoms with E-state index in [9.17, 15) is 0 Å². The van der Waals surface area contributed by atoms with E-state index in [0.29, 0.717) is 11.6 Å². The lowest BCUT2D eigenvalue weighted by molar-refractivity contribution is 0.242. The minimum atomic E-state index is 0.160. The Labute approximate surface area is 121 Å². The average molecular weight is 322 g/mol. The van der Waals surface area contributed by atoms with Gasteiger partial charge in [-0.3, -0.25) is 0 Å². The maximum atomic E-state index is 5.83. The fraction of sp³-hybridized carbons (Fsp3) is 0.286. The largest absolute Gasteiger partial charge is 0.491 e. The van der Waals surface area contributed by atoms with Gasteiger partial charge < -0.3 is 10.5 Å². The standard InChI is InChI=1S/C14H16BrN3O/c1-8(2)19-11-6-4-10(5-7-11)14-17-9(3)12(15)13(16)18-14/h4-8H,1-3H3,(H2,16,17,18). The van der Waals surface area contributed by atoms with Crippen LogP contribution in [0, 0.1) is 6.92 Å². The van der Waals surface area contributed by atoms with Gasteiger partial charge in [0.1, 0.15) is 11.6 Å². The highest BCUT2D eigenvalue weighted by molar-refractivity contribution is 9.10. The zero-order valence-electron chi connectivity index (χ0n) is 11.1. The van der Waals surface area contributed by atoms with Crippen molar-refractivity contribution in [2.24, 2.45) is 0 Å². The van der Waals surface area contributed by atoms with Crippen LogP contribution in [0.2, 0.25) is 0 Å². The van der Waals surface area contributed by atoms with Crippen LogP contribution in [0.4, 0.5) is 5.82 Å². The first-order chi connectivity index (χ1) is 8.97. The molecule has 0 aliphatic heterocycles. The number of benzene rings is 1. The summed E-state index contributed by atoms with van der Waals surface area (Å²) in [6.07, 6.45) is 0.160. The number of nitrogens with two attached hydrogens (primary N) is 1. The lowest BCUT2D eigenvalue weighted by atomic mass is 10.2. The van der Waals surface area contributed by atoms with Crippen molar-refractivity contribution in [2.45, 2.75) is 26.9 Å². The van der Waals surface area contributed by atoms with E-state index in [0.717, 1.165) is 21.5 Å². The van der Waals surface area contributed by atoms with Crippen molar-refractivity contribution < 1.29 is 4.74 Å². The van der Waals surface area contributed by atoms with Gasteiger partial charge >= 0.3 is 0 Å². The fourth-order valence-corrected chi connectivity index (χ4v) is 1.84. The Morgan fingerprint density at radius 1 is 1.16 bits per heavy atom. The summed E-state index contributed by atoms with van der Waals surface area (Å²) in [7, 11) is 0. The van der Waals surface area contributed by atoms with Gasteiger partial charge in [0.15, 0.2) is 5.82 Å². The molecular weight excluding hydrogens is 306 g/mol. The number of aryl methyl sites for hydroxylation is 1. The monoisotopic (exact) mass is 321 g/mol. The minimum absolute atomic E-state index is 0.160. The number of rotatable bonds is 3. The van der Waals surface area contributed by atoms with E-state index in [1.807, 2.05) is 45.0 Å². The summed E-state index contributed by atoms with van der Waals surface area (Å²) < 4.78 is 6.34. The second-order valence-corrected chi connectivity index (χ2v) is 5.32. The molecule has 0 unspecified atom stereocenters. The molecule has 0 aliphatic carbocycles. The maximum absolute atomic E-state index is 5.83. The summed E-state index contributed by atoms with van der Waals surface area (Å²) in [5.74, 6) is 1.90. The van der Waals surface area contributed by atoms with Crippen LogP contribution in [0.1, 0.15) is 19.5 Å². The van der Waals surface area contributed by atoms with Crippen LogP contribution in [-0.2, 0) is 0 Å². The van der Waals surface area contributed by atoms with Crippen LogP contribution in [0.5, 0.6) is 5.75 Å². The third-order valence-corrected chi connectivity index (χ3v) is 3.51. The lowest BCUT2D eigenvalue weighted by Crippen LogP contribution is -2.05. The van der Waals surface area contributed by atoms with Crippen LogP contribution in [-0.4, -0.2) is 16.1 Å². The molecular formula is C14H16BrN3O. The molecule has 0 saturated carbocycles. The summed E-state index contributed by atoms with van der Waals surface area (Å²) in [4.78, 5) is 8.69. The summed E-state index contributed by atoms with van der Waals surface area (Å²) in [5, 5.41) is 0. The zero-order chi connectivity index (χ0) is 14.0. The maximum Gasteiger partial charge on any atom is 0.161 e. The molecule has 2 rings (SSSR count). The van der Waals surface area contributed by atoms with Gasteiger partial charge in [-0.15, -0.1) is 0 Å². The first-order valence-electron chi connectivity index (χ1n) is 6.04. The summed E-state index contributed by atoms with van der Waals surface area (Å²) in [6, 6.07) is 7.68. The van der Waals surface area contributed by atoms with Crippen molar-refractivity contribution in [2.75, 3.05) is 5.73 Å². The number of nitrogens with zero attached hydrogens (tertiary/aromatic N) is 2. The van der Waals surface area contributed by atoms with E-state index in [2.05, 4.69) is 25.9 Å². The van der Waals surface area contributed by atoms with Gasteiger partial charge in [-0.05, 0) is 61.0 Å². The number of anilines is 1. The van der Waals surface area contributed by atoms with Gasteiger partial charge in [0, 0.05) is 5.56 Å². The van der Waals surface area contributed by atoms with E-state index in [1.54, 1.807) is 0 Å². The van der Waals surface area contributed by atoms with Crippen LogP contribution in [0.25, 0.3) is 11.4 Å². The van der Waals surface area contributed by atoms with Gasteiger partial charge in [0.25, 0.3) is 0 Å². The summed E-state index contributed by atoms with van der Waals surface area (Å²) in [6.45, 7) is 5.88. The van der Waals surface area contributed by atoms with Crippen LogP contribution >= 0.6 is 15.9 Å². The Balaban J connectivity index is 2.32. The first kappa shape index (κ1) is 13.8. The van der Waals surface area contributed by atoms with E-state index in [-0.39, 0.29) is 6.10 Å². The van der Waals surface area contributed by atoms with Gasteiger partial charge in [-0.25, -0.2) is 9.97 Å². The SMILES string of the molecule is Cc1nc(-c2ccc(OC(C)C)cc2)nc(N)c1Br. The molecule has 1 aromatic heterocycles. The molecule has 4 nitrogen and oxygen atoms in total. The molecule has 0 radical (unpaired) electrons. The summed E-state index contributed by atoms with van der Waals surface area (Å²) in [5.41, 5.74) is 7.57. The van der Waals surface area contributed by atoms with E-state index >= 15 is 0 Å². The van der Waals surface area contributed by atoms with Gasteiger partial charge in [0.05, 0.1) is 16.3 Å². The molecule has 0 aliphatic rings. The number of nitrogen functional groups attached to an aromatic ring is 1. The van der Waals surface area contributed by atoms with E-state index < -0.39 is 0 Å². The molecule has 2 N–H and O–H groups in total. The molecule has 2 aromatic rings. The van der Waals surface area contributed by atoms with Gasteiger partial charge in [-0.1, -0.05) is 0 Å². The smallest absolute Gasteiger partial charge is 0.161 e. The Morgan fingerprint density at radius 2 is 1.79 bits per heavy atom. The molecule has 0 bridgehead atoms.